The first-order valence-electron chi connectivity index (χ1n) is 8.39. The fourth-order valence-corrected chi connectivity index (χ4v) is 4.01. The molecule has 27 heavy (non-hydrogen) atoms. The van der Waals surface area contributed by atoms with Gasteiger partial charge in [-0.2, -0.15) is 0 Å². The van der Waals surface area contributed by atoms with Crippen LogP contribution < -0.4 is 5.32 Å². The van der Waals surface area contributed by atoms with E-state index in [-0.39, 0.29) is 34.9 Å². The molecular weight excluding hydrogens is 374 g/mol. The van der Waals surface area contributed by atoms with E-state index in [1.165, 1.54) is 7.11 Å². The number of ether oxygens (including phenoxy) is 2. The summed E-state index contributed by atoms with van der Waals surface area (Å²) in [7, 11) is 1.20. The van der Waals surface area contributed by atoms with Crippen molar-refractivity contribution in [2.75, 3.05) is 19.0 Å². The summed E-state index contributed by atoms with van der Waals surface area (Å²) in [6.07, 6.45) is 4.03. The summed E-state index contributed by atoms with van der Waals surface area (Å²) in [5.41, 5.74) is 0.413. The van der Waals surface area contributed by atoms with Gasteiger partial charge >= 0.3 is 17.9 Å². The van der Waals surface area contributed by atoms with Gasteiger partial charge in [-0.3, -0.25) is 9.59 Å². The van der Waals surface area contributed by atoms with E-state index in [2.05, 4.69) is 5.32 Å². The van der Waals surface area contributed by atoms with Gasteiger partial charge in [0.2, 0.25) is 5.91 Å². The molecule has 1 amide bonds. The number of carboxylic acid groups (broad SMARTS) is 1. The summed E-state index contributed by atoms with van der Waals surface area (Å²) in [6, 6.07) is 0. The Hall–Kier alpha value is -2.68. The molecule has 0 fully saturated rings. The van der Waals surface area contributed by atoms with Crippen molar-refractivity contribution in [1.29, 1.82) is 0 Å². The molecule has 2 N–H and O–H groups in total. The van der Waals surface area contributed by atoms with Crippen LogP contribution in [-0.4, -0.2) is 42.6 Å². The fraction of sp³-hybridized carbons (Fsp3) is 0.444. The van der Waals surface area contributed by atoms with Crippen LogP contribution in [0.3, 0.4) is 0 Å². The predicted octanol–water partition coefficient (Wildman–Crippen LogP) is 2.63. The van der Waals surface area contributed by atoms with Gasteiger partial charge in [0.05, 0.1) is 31.1 Å². The highest BCUT2D eigenvalue weighted by molar-refractivity contribution is 7.18. The lowest BCUT2D eigenvalue weighted by Gasteiger charge is -2.24. The second kappa shape index (κ2) is 8.81. The molecule has 1 aromatic heterocycles. The highest BCUT2D eigenvalue weighted by Gasteiger charge is 2.35. The largest absolute Gasteiger partial charge is 0.481 e. The highest BCUT2D eigenvalue weighted by atomic mass is 32.1. The minimum Gasteiger partial charge on any atom is -0.481 e. The number of carbonyl (C=O) groups is 4. The van der Waals surface area contributed by atoms with Crippen LogP contribution in [0.2, 0.25) is 0 Å². The van der Waals surface area contributed by atoms with Crippen LogP contribution in [0.15, 0.2) is 12.2 Å². The van der Waals surface area contributed by atoms with E-state index in [0.29, 0.717) is 5.56 Å². The molecule has 9 heteroatoms. The Morgan fingerprint density at radius 1 is 1.19 bits per heavy atom. The van der Waals surface area contributed by atoms with E-state index in [1.807, 2.05) is 0 Å². The first-order valence-corrected chi connectivity index (χ1v) is 9.20. The van der Waals surface area contributed by atoms with E-state index in [9.17, 15) is 24.3 Å². The van der Waals surface area contributed by atoms with Crippen molar-refractivity contribution in [2.24, 2.45) is 11.8 Å². The van der Waals surface area contributed by atoms with Gasteiger partial charge in [0, 0.05) is 0 Å². The van der Waals surface area contributed by atoms with Crippen molar-refractivity contribution >= 4 is 40.2 Å². The van der Waals surface area contributed by atoms with Gasteiger partial charge in [-0.05, 0) is 32.3 Å². The molecule has 0 bridgehead atoms. The Kier molecular flexibility index (Phi) is 6.73. The summed E-state index contributed by atoms with van der Waals surface area (Å²) in [6.45, 7) is 3.39. The van der Waals surface area contributed by atoms with Crippen LogP contribution in [0, 0.1) is 18.8 Å². The summed E-state index contributed by atoms with van der Waals surface area (Å²) in [5, 5.41) is 12.1. The summed E-state index contributed by atoms with van der Waals surface area (Å²) < 4.78 is 9.74. The maximum absolute atomic E-state index is 12.7. The number of aliphatic carboxylic acids is 1. The third-order valence-electron chi connectivity index (χ3n) is 4.32. The number of thiophene rings is 1. The molecular formula is C18H21NO7S. The van der Waals surface area contributed by atoms with E-state index in [1.54, 1.807) is 26.0 Å². The number of carbonyl (C=O) groups excluding carboxylic acids is 3. The van der Waals surface area contributed by atoms with Gasteiger partial charge in [-0.1, -0.05) is 12.2 Å². The van der Waals surface area contributed by atoms with Crippen LogP contribution in [0.1, 0.15) is 45.4 Å². The van der Waals surface area contributed by atoms with Crippen molar-refractivity contribution < 1.29 is 33.8 Å². The molecule has 1 aliphatic rings. The first kappa shape index (κ1) is 20.6. The maximum Gasteiger partial charge on any atom is 0.348 e. The molecule has 0 aliphatic heterocycles. The Balaban J connectivity index is 2.36. The zero-order valence-corrected chi connectivity index (χ0v) is 16.1. The third-order valence-corrected chi connectivity index (χ3v) is 5.51. The van der Waals surface area contributed by atoms with Crippen LogP contribution in [0.4, 0.5) is 5.00 Å². The molecule has 8 nitrogen and oxygen atoms in total. The molecule has 0 radical (unpaired) electrons. The molecule has 146 valence electrons. The lowest BCUT2D eigenvalue weighted by Crippen LogP contribution is -2.34. The normalized spacial score (nSPS) is 18.6. The number of amides is 1. The third kappa shape index (κ3) is 4.36. The second-order valence-corrected chi connectivity index (χ2v) is 6.98. The Morgan fingerprint density at radius 2 is 1.81 bits per heavy atom. The van der Waals surface area contributed by atoms with Crippen LogP contribution in [0.5, 0.6) is 0 Å². The topological polar surface area (TPSA) is 119 Å². The lowest BCUT2D eigenvalue weighted by molar-refractivity contribution is -0.146. The second-order valence-electron chi connectivity index (χ2n) is 5.96. The molecule has 1 heterocycles. The summed E-state index contributed by atoms with van der Waals surface area (Å²) in [4.78, 5) is 48.6. The molecule has 1 aromatic rings. The SMILES string of the molecule is CCOC(=O)c1sc(NC(=O)C2CC=CCC2C(=O)O)c(C(=O)OC)c1C. The van der Waals surface area contributed by atoms with Crippen LogP contribution in [-0.2, 0) is 19.1 Å². The van der Waals surface area contributed by atoms with Crippen molar-refractivity contribution in [3.8, 4) is 0 Å². The average Bonchev–Trinajstić information content (AvgIpc) is 2.97. The lowest BCUT2D eigenvalue weighted by atomic mass is 9.82. The van der Waals surface area contributed by atoms with Crippen molar-refractivity contribution in [1.82, 2.24) is 0 Å². The quantitative estimate of drug-likeness (QED) is 0.561. The zero-order chi connectivity index (χ0) is 20.1. The van der Waals surface area contributed by atoms with Gasteiger partial charge in [0.15, 0.2) is 0 Å². The number of methoxy groups -OCH3 is 1. The van der Waals surface area contributed by atoms with E-state index in [4.69, 9.17) is 9.47 Å². The van der Waals surface area contributed by atoms with Crippen LogP contribution in [0.25, 0.3) is 0 Å². The predicted molar refractivity (Wildman–Crippen MR) is 98.0 cm³/mol. The van der Waals surface area contributed by atoms with Gasteiger partial charge in [-0.15, -0.1) is 11.3 Å². The minimum absolute atomic E-state index is 0.0668. The summed E-state index contributed by atoms with van der Waals surface area (Å²) in [5.74, 6) is -4.49. The summed E-state index contributed by atoms with van der Waals surface area (Å²) >= 11 is 0.907. The average molecular weight is 395 g/mol. The number of nitrogens with one attached hydrogen (secondary N) is 1. The monoisotopic (exact) mass is 395 g/mol. The smallest absolute Gasteiger partial charge is 0.348 e. The number of anilines is 1. The first-order chi connectivity index (χ1) is 12.8. The molecule has 1 aliphatic carbocycles. The number of hydrogen-bond acceptors (Lipinski definition) is 7. The molecule has 0 saturated heterocycles. The molecule has 0 saturated carbocycles. The Morgan fingerprint density at radius 3 is 2.37 bits per heavy atom. The Labute approximate surface area is 160 Å². The molecule has 2 rings (SSSR count). The maximum atomic E-state index is 12.7. The minimum atomic E-state index is -1.05. The van der Waals surface area contributed by atoms with Crippen molar-refractivity contribution in [2.45, 2.75) is 26.7 Å². The van der Waals surface area contributed by atoms with E-state index < -0.39 is 35.7 Å². The Bertz CT molecular complexity index is 796. The molecule has 2 atom stereocenters. The van der Waals surface area contributed by atoms with Gasteiger partial charge in [0.25, 0.3) is 0 Å². The number of carboxylic acids is 1. The standard InChI is InChI=1S/C18H21NO7S/c1-4-26-18(24)13-9(2)12(17(23)25-3)15(27-13)19-14(20)10-7-5-6-8-11(10)16(21)22/h5-6,10-11H,4,7-8H2,1-3H3,(H,19,20)(H,21,22). The van der Waals surface area contributed by atoms with Crippen molar-refractivity contribution in [3.63, 3.8) is 0 Å². The van der Waals surface area contributed by atoms with E-state index in [0.717, 1.165) is 11.3 Å². The van der Waals surface area contributed by atoms with Crippen LogP contribution >= 0.6 is 11.3 Å². The van der Waals surface area contributed by atoms with Gasteiger partial charge in [-0.25, -0.2) is 9.59 Å². The van der Waals surface area contributed by atoms with Gasteiger partial charge in [0.1, 0.15) is 9.88 Å². The number of allylic oxidation sites excluding steroid dienone is 2. The zero-order valence-electron chi connectivity index (χ0n) is 15.2. The molecule has 0 aromatic carbocycles. The fourth-order valence-electron chi connectivity index (χ4n) is 2.92. The number of hydrogen-bond donors (Lipinski definition) is 2. The highest BCUT2D eigenvalue weighted by Crippen LogP contribution is 2.36. The number of esters is 2. The molecule has 2 unspecified atom stereocenters. The molecule has 0 spiro atoms. The van der Waals surface area contributed by atoms with E-state index >= 15 is 0 Å². The van der Waals surface area contributed by atoms with Crippen molar-refractivity contribution in [3.05, 3.63) is 28.2 Å². The number of rotatable bonds is 6. The van der Waals surface area contributed by atoms with Gasteiger partial charge < -0.3 is 19.9 Å².